The van der Waals surface area contributed by atoms with Crippen molar-refractivity contribution in [2.24, 2.45) is 0 Å². The molecule has 1 aliphatic rings. The largest absolute Gasteiger partial charge is 0.298 e. The van der Waals surface area contributed by atoms with Gasteiger partial charge >= 0.3 is 0 Å². The SMILES string of the molecule is CCN(Cc1cccc(C)n1)C1CCCC1=O. The van der Waals surface area contributed by atoms with Crippen molar-refractivity contribution < 1.29 is 4.79 Å². The molecular weight excluding hydrogens is 212 g/mol. The van der Waals surface area contributed by atoms with Gasteiger partial charge in [-0.2, -0.15) is 0 Å². The van der Waals surface area contributed by atoms with Crippen molar-refractivity contribution in [2.75, 3.05) is 6.54 Å². The average molecular weight is 232 g/mol. The standard InChI is InChI=1S/C14H20N2O/c1-3-16(13-8-5-9-14(13)17)10-12-7-4-6-11(2)15-12/h4,6-7,13H,3,5,8-10H2,1-2H3. The summed E-state index contributed by atoms with van der Waals surface area (Å²) in [6.45, 7) is 5.81. The van der Waals surface area contributed by atoms with Gasteiger partial charge in [0, 0.05) is 18.7 Å². The summed E-state index contributed by atoms with van der Waals surface area (Å²) >= 11 is 0. The fourth-order valence-corrected chi connectivity index (χ4v) is 2.52. The average Bonchev–Trinajstić information content (AvgIpc) is 2.72. The Bertz CT molecular complexity index is 403. The second-order valence-corrected chi connectivity index (χ2v) is 4.71. The third kappa shape index (κ3) is 2.91. The van der Waals surface area contributed by atoms with E-state index in [1.807, 2.05) is 25.1 Å². The summed E-state index contributed by atoms with van der Waals surface area (Å²) in [7, 11) is 0. The molecule has 1 unspecified atom stereocenters. The number of rotatable bonds is 4. The molecule has 0 bridgehead atoms. The van der Waals surface area contributed by atoms with Crippen LogP contribution in [-0.4, -0.2) is 28.3 Å². The minimum Gasteiger partial charge on any atom is -0.298 e. The van der Waals surface area contributed by atoms with Gasteiger partial charge in [0.2, 0.25) is 0 Å². The third-order valence-electron chi connectivity index (χ3n) is 3.43. The zero-order chi connectivity index (χ0) is 12.3. The monoisotopic (exact) mass is 232 g/mol. The number of likely N-dealkylation sites (N-methyl/N-ethyl adjacent to an activating group) is 1. The summed E-state index contributed by atoms with van der Waals surface area (Å²) in [5.74, 6) is 0.402. The van der Waals surface area contributed by atoms with Crippen molar-refractivity contribution in [2.45, 2.75) is 45.7 Å². The van der Waals surface area contributed by atoms with E-state index >= 15 is 0 Å². The fourth-order valence-electron chi connectivity index (χ4n) is 2.52. The maximum atomic E-state index is 11.8. The molecule has 17 heavy (non-hydrogen) atoms. The van der Waals surface area contributed by atoms with E-state index in [0.29, 0.717) is 5.78 Å². The van der Waals surface area contributed by atoms with E-state index in [1.54, 1.807) is 0 Å². The lowest BCUT2D eigenvalue weighted by molar-refractivity contribution is -0.122. The summed E-state index contributed by atoms with van der Waals surface area (Å²) in [6.07, 6.45) is 2.81. The van der Waals surface area contributed by atoms with Crippen LogP contribution in [0.4, 0.5) is 0 Å². The molecule has 92 valence electrons. The molecule has 1 aromatic rings. The van der Waals surface area contributed by atoms with Crippen LogP contribution in [-0.2, 0) is 11.3 Å². The van der Waals surface area contributed by atoms with Crippen molar-refractivity contribution in [3.05, 3.63) is 29.6 Å². The van der Waals surface area contributed by atoms with Gasteiger partial charge in [-0.15, -0.1) is 0 Å². The molecule has 1 fully saturated rings. The molecule has 0 radical (unpaired) electrons. The van der Waals surface area contributed by atoms with Gasteiger partial charge < -0.3 is 0 Å². The Morgan fingerprint density at radius 1 is 1.47 bits per heavy atom. The lowest BCUT2D eigenvalue weighted by Gasteiger charge is -2.25. The topological polar surface area (TPSA) is 33.2 Å². The van der Waals surface area contributed by atoms with Crippen molar-refractivity contribution in [1.82, 2.24) is 9.88 Å². The number of aromatic nitrogens is 1. The number of carbonyl (C=O) groups is 1. The highest BCUT2D eigenvalue weighted by molar-refractivity contribution is 5.85. The molecular formula is C14H20N2O. The smallest absolute Gasteiger partial charge is 0.149 e. The number of pyridine rings is 1. The predicted molar refractivity (Wildman–Crippen MR) is 67.7 cm³/mol. The summed E-state index contributed by atoms with van der Waals surface area (Å²) in [5.41, 5.74) is 2.10. The molecule has 0 aliphatic heterocycles. The van der Waals surface area contributed by atoms with Crippen LogP contribution in [0.2, 0.25) is 0 Å². The number of ketones is 1. The Morgan fingerprint density at radius 2 is 2.29 bits per heavy atom. The highest BCUT2D eigenvalue weighted by Crippen LogP contribution is 2.21. The maximum absolute atomic E-state index is 11.8. The normalized spacial score (nSPS) is 20.2. The van der Waals surface area contributed by atoms with Crippen molar-refractivity contribution in [1.29, 1.82) is 0 Å². The van der Waals surface area contributed by atoms with Gasteiger partial charge in [0.05, 0.1) is 11.7 Å². The Hall–Kier alpha value is -1.22. The minimum absolute atomic E-state index is 0.127. The first-order valence-corrected chi connectivity index (χ1v) is 6.40. The molecule has 0 N–H and O–H groups in total. The van der Waals surface area contributed by atoms with Gasteiger partial charge in [-0.25, -0.2) is 0 Å². The first-order chi connectivity index (χ1) is 8.20. The molecule has 1 aliphatic carbocycles. The van der Waals surface area contributed by atoms with Gasteiger partial charge in [-0.1, -0.05) is 13.0 Å². The van der Waals surface area contributed by atoms with Crippen molar-refractivity contribution in [3.63, 3.8) is 0 Å². The zero-order valence-electron chi connectivity index (χ0n) is 10.6. The van der Waals surface area contributed by atoms with Crippen LogP contribution in [0.25, 0.3) is 0 Å². The van der Waals surface area contributed by atoms with E-state index in [-0.39, 0.29) is 6.04 Å². The fraction of sp³-hybridized carbons (Fsp3) is 0.571. The summed E-state index contributed by atoms with van der Waals surface area (Å²) in [5, 5.41) is 0. The van der Waals surface area contributed by atoms with E-state index in [2.05, 4.69) is 16.8 Å². The molecule has 0 spiro atoms. The summed E-state index contributed by atoms with van der Waals surface area (Å²) in [4.78, 5) is 18.5. The van der Waals surface area contributed by atoms with Crippen LogP contribution < -0.4 is 0 Å². The van der Waals surface area contributed by atoms with Crippen LogP contribution >= 0.6 is 0 Å². The van der Waals surface area contributed by atoms with Crippen LogP contribution in [0, 0.1) is 6.92 Å². The molecule has 0 aromatic carbocycles. The number of hydrogen-bond donors (Lipinski definition) is 0. The predicted octanol–water partition coefficient (Wildman–Crippen LogP) is 2.33. The van der Waals surface area contributed by atoms with Crippen LogP contribution in [0.5, 0.6) is 0 Å². The first-order valence-electron chi connectivity index (χ1n) is 6.40. The minimum atomic E-state index is 0.127. The van der Waals surface area contributed by atoms with E-state index in [0.717, 1.165) is 43.7 Å². The summed E-state index contributed by atoms with van der Waals surface area (Å²) < 4.78 is 0. The number of hydrogen-bond acceptors (Lipinski definition) is 3. The lowest BCUT2D eigenvalue weighted by Crippen LogP contribution is -2.37. The molecule has 3 heteroatoms. The highest BCUT2D eigenvalue weighted by Gasteiger charge is 2.29. The number of aryl methyl sites for hydroxylation is 1. The maximum Gasteiger partial charge on any atom is 0.149 e. The molecule has 0 saturated heterocycles. The quantitative estimate of drug-likeness (QED) is 0.799. The summed E-state index contributed by atoms with van der Waals surface area (Å²) in [6, 6.07) is 6.19. The Labute approximate surface area is 103 Å². The Kier molecular flexibility index (Phi) is 3.89. The first kappa shape index (κ1) is 12.2. The van der Waals surface area contributed by atoms with Gasteiger partial charge in [0.1, 0.15) is 5.78 Å². The molecule has 1 saturated carbocycles. The molecule has 1 atom stereocenters. The van der Waals surface area contributed by atoms with Crippen LogP contribution in [0.3, 0.4) is 0 Å². The second-order valence-electron chi connectivity index (χ2n) is 4.71. The third-order valence-corrected chi connectivity index (χ3v) is 3.43. The van der Waals surface area contributed by atoms with Gasteiger partial charge in [0.25, 0.3) is 0 Å². The van der Waals surface area contributed by atoms with Crippen molar-refractivity contribution >= 4 is 5.78 Å². The van der Waals surface area contributed by atoms with E-state index in [4.69, 9.17) is 0 Å². The Balaban J connectivity index is 2.07. The Morgan fingerprint density at radius 3 is 2.88 bits per heavy atom. The molecule has 3 nitrogen and oxygen atoms in total. The molecule has 1 aromatic heterocycles. The number of Topliss-reactive ketones (excluding diaryl/α,β-unsaturated/α-hetero) is 1. The molecule has 0 amide bonds. The van der Waals surface area contributed by atoms with Crippen molar-refractivity contribution in [3.8, 4) is 0 Å². The van der Waals surface area contributed by atoms with Crippen LogP contribution in [0.15, 0.2) is 18.2 Å². The van der Waals surface area contributed by atoms with E-state index in [9.17, 15) is 4.79 Å². The van der Waals surface area contributed by atoms with Crippen LogP contribution in [0.1, 0.15) is 37.6 Å². The van der Waals surface area contributed by atoms with Gasteiger partial charge in [-0.3, -0.25) is 14.7 Å². The number of carbonyl (C=O) groups excluding carboxylic acids is 1. The zero-order valence-corrected chi connectivity index (χ0v) is 10.6. The highest BCUT2D eigenvalue weighted by atomic mass is 16.1. The van der Waals surface area contributed by atoms with Gasteiger partial charge in [0.15, 0.2) is 0 Å². The van der Waals surface area contributed by atoms with E-state index in [1.165, 1.54) is 0 Å². The number of nitrogens with zero attached hydrogens (tertiary/aromatic N) is 2. The second kappa shape index (κ2) is 5.41. The van der Waals surface area contributed by atoms with E-state index < -0.39 is 0 Å². The lowest BCUT2D eigenvalue weighted by atomic mass is 10.2. The molecule has 2 rings (SSSR count). The van der Waals surface area contributed by atoms with Gasteiger partial charge in [-0.05, 0) is 38.4 Å². The molecule has 1 heterocycles.